The van der Waals surface area contributed by atoms with Crippen molar-refractivity contribution < 1.29 is 24.2 Å². The zero-order valence-corrected chi connectivity index (χ0v) is 19.8. The standard InChI is InChI=1S/C25H30N4O5/c1-5-31-28-21-17-10-11-29(22(17)27-13-26-21)23-19-18(33-24(2,3)34-19)20(32-23)25(4,30)16-9-8-14-6-7-15(14)12-16/h8-13,18-20,23,30H,5-7H2,1-4H3,(H,26,27,28)/t18-,19+,20+,23+,25?/m0/s1. The summed E-state index contributed by atoms with van der Waals surface area (Å²) in [5, 5.41) is 12.6. The fraction of sp³-hybridized carbons (Fsp3) is 0.520. The number of hydrogen-bond donors (Lipinski definition) is 2. The first-order valence-electron chi connectivity index (χ1n) is 11.8. The second kappa shape index (κ2) is 7.73. The summed E-state index contributed by atoms with van der Waals surface area (Å²) in [6.07, 6.45) is 3.46. The molecule has 2 fully saturated rings. The molecule has 0 spiro atoms. The maximum Gasteiger partial charge on any atom is 0.164 e. The molecule has 0 saturated carbocycles. The fourth-order valence-electron chi connectivity index (χ4n) is 5.33. The lowest BCUT2D eigenvalue weighted by Crippen LogP contribution is -2.45. The number of nitrogens with one attached hydrogen (secondary N) is 1. The molecule has 9 heteroatoms. The van der Waals surface area contributed by atoms with Crippen molar-refractivity contribution >= 4 is 16.9 Å². The number of aryl methyl sites for hydroxylation is 2. The molecule has 0 amide bonds. The third kappa shape index (κ3) is 3.34. The Bertz CT molecular complexity index is 1240. The van der Waals surface area contributed by atoms with Gasteiger partial charge in [0.1, 0.15) is 35.9 Å². The predicted molar refractivity (Wildman–Crippen MR) is 124 cm³/mol. The lowest BCUT2D eigenvalue weighted by molar-refractivity contribution is -0.221. The van der Waals surface area contributed by atoms with Crippen LogP contribution in [0, 0.1) is 0 Å². The van der Waals surface area contributed by atoms with Gasteiger partial charge in [-0.15, -0.1) is 0 Å². The normalized spacial score (nSPS) is 28.9. The van der Waals surface area contributed by atoms with Gasteiger partial charge in [-0.3, -0.25) is 4.84 Å². The minimum atomic E-state index is -1.27. The van der Waals surface area contributed by atoms with Gasteiger partial charge in [-0.2, -0.15) is 0 Å². The van der Waals surface area contributed by atoms with Crippen LogP contribution in [0.4, 0.5) is 5.82 Å². The molecule has 3 aromatic rings. The molecule has 0 radical (unpaired) electrons. The monoisotopic (exact) mass is 466 g/mol. The number of hydrogen-bond acceptors (Lipinski definition) is 8. The molecular formula is C25H30N4O5. The highest BCUT2D eigenvalue weighted by Gasteiger charge is 2.60. The van der Waals surface area contributed by atoms with Crippen molar-refractivity contribution in [3.63, 3.8) is 0 Å². The van der Waals surface area contributed by atoms with E-state index in [0.29, 0.717) is 18.1 Å². The van der Waals surface area contributed by atoms with E-state index in [1.54, 1.807) is 6.92 Å². The van der Waals surface area contributed by atoms with Gasteiger partial charge in [-0.25, -0.2) is 15.4 Å². The van der Waals surface area contributed by atoms with Crippen molar-refractivity contribution in [2.24, 2.45) is 0 Å². The largest absolute Gasteiger partial charge is 0.383 e. The molecule has 4 heterocycles. The Morgan fingerprint density at radius 2 is 1.97 bits per heavy atom. The molecule has 2 aliphatic heterocycles. The summed E-state index contributed by atoms with van der Waals surface area (Å²) in [6.45, 7) is 7.97. The quantitative estimate of drug-likeness (QED) is 0.534. The SMILES string of the molecule is CCONc1ncnc2c1ccn2[C@@H]1O[C@@H](C(C)(O)c2ccc3c(c2)CC3)[C@H]2OC(C)(C)O[C@H]21. The van der Waals surface area contributed by atoms with E-state index < -0.39 is 35.9 Å². The summed E-state index contributed by atoms with van der Waals surface area (Å²) in [4.78, 5) is 14.1. The van der Waals surface area contributed by atoms with Crippen LogP contribution in [0.2, 0.25) is 0 Å². The Morgan fingerprint density at radius 1 is 1.18 bits per heavy atom. The maximum atomic E-state index is 11.8. The average molecular weight is 467 g/mol. The van der Waals surface area contributed by atoms with Crippen LogP contribution in [0.15, 0.2) is 36.8 Å². The van der Waals surface area contributed by atoms with Crippen molar-refractivity contribution in [2.45, 2.75) is 76.5 Å². The number of aromatic nitrogens is 3. The molecule has 1 aromatic carbocycles. The topological polar surface area (TPSA) is 99.9 Å². The zero-order chi connectivity index (χ0) is 23.7. The van der Waals surface area contributed by atoms with Gasteiger partial charge in [0, 0.05) is 6.20 Å². The Labute approximate surface area is 198 Å². The number of rotatable bonds is 6. The molecule has 34 heavy (non-hydrogen) atoms. The average Bonchev–Trinajstić information content (AvgIpc) is 3.43. The number of nitrogens with zero attached hydrogens (tertiary/aromatic N) is 3. The molecular weight excluding hydrogens is 436 g/mol. The highest BCUT2D eigenvalue weighted by Crippen LogP contribution is 2.49. The molecule has 5 atom stereocenters. The minimum absolute atomic E-state index is 0.424. The molecule has 2 N–H and O–H groups in total. The van der Waals surface area contributed by atoms with Crippen LogP contribution in [-0.4, -0.2) is 50.3 Å². The molecule has 0 bridgehead atoms. The lowest BCUT2D eigenvalue weighted by atomic mass is 9.81. The first kappa shape index (κ1) is 21.9. The number of ether oxygens (including phenoxy) is 3. The van der Waals surface area contributed by atoms with E-state index in [4.69, 9.17) is 19.0 Å². The maximum absolute atomic E-state index is 11.8. The van der Waals surface area contributed by atoms with Crippen LogP contribution in [0.3, 0.4) is 0 Å². The summed E-state index contributed by atoms with van der Waals surface area (Å²) < 4.78 is 21.1. The Kier molecular flexibility index (Phi) is 4.98. The van der Waals surface area contributed by atoms with E-state index in [2.05, 4.69) is 27.6 Å². The second-order valence-electron chi connectivity index (χ2n) is 9.86. The summed E-state index contributed by atoms with van der Waals surface area (Å²) in [6, 6.07) is 8.11. The van der Waals surface area contributed by atoms with Crippen LogP contribution in [0.5, 0.6) is 0 Å². The first-order valence-corrected chi connectivity index (χ1v) is 11.8. The van der Waals surface area contributed by atoms with Gasteiger partial charge in [0.05, 0.1) is 12.0 Å². The van der Waals surface area contributed by atoms with Crippen molar-refractivity contribution in [1.82, 2.24) is 14.5 Å². The van der Waals surface area contributed by atoms with Crippen molar-refractivity contribution in [2.75, 3.05) is 12.1 Å². The molecule has 6 rings (SSSR count). The van der Waals surface area contributed by atoms with Gasteiger partial charge in [0.2, 0.25) is 0 Å². The molecule has 1 aliphatic carbocycles. The van der Waals surface area contributed by atoms with Crippen LogP contribution in [-0.2, 0) is 37.5 Å². The van der Waals surface area contributed by atoms with Crippen LogP contribution >= 0.6 is 0 Å². The van der Waals surface area contributed by atoms with Crippen LogP contribution in [0.1, 0.15) is 50.6 Å². The Morgan fingerprint density at radius 3 is 2.71 bits per heavy atom. The highest BCUT2D eigenvalue weighted by atomic mass is 16.8. The van der Waals surface area contributed by atoms with Crippen LogP contribution in [0.25, 0.3) is 11.0 Å². The van der Waals surface area contributed by atoms with E-state index in [0.717, 1.165) is 23.8 Å². The second-order valence-corrected chi connectivity index (χ2v) is 9.86. The fourth-order valence-corrected chi connectivity index (χ4v) is 5.33. The lowest BCUT2D eigenvalue weighted by Gasteiger charge is -2.35. The van der Waals surface area contributed by atoms with E-state index in [1.807, 2.05) is 43.7 Å². The van der Waals surface area contributed by atoms with Crippen molar-refractivity contribution in [3.8, 4) is 0 Å². The molecule has 1 unspecified atom stereocenters. The van der Waals surface area contributed by atoms with Gasteiger partial charge in [-0.05, 0) is 63.3 Å². The number of anilines is 1. The smallest absolute Gasteiger partial charge is 0.164 e. The molecule has 3 aliphatic rings. The molecule has 2 saturated heterocycles. The summed E-state index contributed by atoms with van der Waals surface area (Å²) in [7, 11) is 0. The van der Waals surface area contributed by atoms with E-state index >= 15 is 0 Å². The third-order valence-electron chi connectivity index (χ3n) is 7.13. The number of fused-ring (bicyclic) bond motifs is 3. The van der Waals surface area contributed by atoms with Crippen LogP contribution < -0.4 is 5.48 Å². The van der Waals surface area contributed by atoms with E-state index in [9.17, 15) is 5.11 Å². The van der Waals surface area contributed by atoms with E-state index in [1.165, 1.54) is 17.5 Å². The van der Waals surface area contributed by atoms with Gasteiger partial charge in [0.25, 0.3) is 0 Å². The van der Waals surface area contributed by atoms with Gasteiger partial charge >= 0.3 is 0 Å². The molecule has 9 nitrogen and oxygen atoms in total. The van der Waals surface area contributed by atoms with Gasteiger partial charge in [-0.1, -0.05) is 18.2 Å². The third-order valence-corrected chi connectivity index (χ3v) is 7.13. The van der Waals surface area contributed by atoms with Crippen molar-refractivity contribution in [3.05, 3.63) is 53.5 Å². The van der Waals surface area contributed by atoms with Gasteiger partial charge < -0.3 is 23.9 Å². The van der Waals surface area contributed by atoms with E-state index in [-0.39, 0.29) is 0 Å². The summed E-state index contributed by atoms with van der Waals surface area (Å²) in [5.41, 5.74) is 5.73. The zero-order valence-electron chi connectivity index (χ0n) is 19.8. The van der Waals surface area contributed by atoms with Gasteiger partial charge in [0.15, 0.2) is 17.8 Å². The summed E-state index contributed by atoms with van der Waals surface area (Å²) >= 11 is 0. The Balaban J connectivity index is 1.38. The summed E-state index contributed by atoms with van der Waals surface area (Å²) in [5.74, 6) is -0.221. The molecule has 180 valence electrons. The predicted octanol–water partition coefficient (Wildman–Crippen LogP) is 3.22. The Hall–Kier alpha value is -2.56. The number of benzene rings is 1. The highest BCUT2D eigenvalue weighted by molar-refractivity contribution is 5.87. The first-order chi connectivity index (χ1) is 16.3. The number of aliphatic hydroxyl groups is 1. The van der Waals surface area contributed by atoms with Crippen molar-refractivity contribution in [1.29, 1.82) is 0 Å². The minimum Gasteiger partial charge on any atom is -0.383 e. The molecule has 2 aromatic heterocycles.